The van der Waals surface area contributed by atoms with E-state index in [1.807, 2.05) is 35.4 Å². The number of carbonyl (C=O) groups excluding carboxylic acids is 2. The van der Waals surface area contributed by atoms with Crippen LogP contribution in [0.4, 0.5) is 4.39 Å². The summed E-state index contributed by atoms with van der Waals surface area (Å²) in [6.45, 7) is 1.74. The summed E-state index contributed by atoms with van der Waals surface area (Å²) in [6, 6.07) is 12.0. The lowest BCUT2D eigenvalue weighted by molar-refractivity contribution is -0.136. The van der Waals surface area contributed by atoms with Crippen molar-refractivity contribution < 1.29 is 28.2 Å². The van der Waals surface area contributed by atoms with Crippen LogP contribution in [0.25, 0.3) is 0 Å². The highest BCUT2D eigenvalue weighted by atomic mass is 32.2. The summed E-state index contributed by atoms with van der Waals surface area (Å²) in [5, 5.41) is 0. The van der Waals surface area contributed by atoms with Gasteiger partial charge in [-0.25, -0.2) is 4.39 Å². The molecule has 7 nitrogen and oxygen atoms in total. The molecule has 2 aromatic rings. The molecule has 0 aromatic heterocycles. The van der Waals surface area contributed by atoms with E-state index in [1.165, 1.54) is 35.8 Å². The van der Waals surface area contributed by atoms with Gasteiger partial charge in [-0.1, -0.05) is 12.1 Å². The van der Waals surface area contributed by atoms with Gasteiger partial charge in [0.25, 0.3) is 11.8 Å². The van der Waals surface area contributed by atoms with Gasteiger partial charge in [0, 0.05) is 32.1 Å². The van der Waals surface area contributed by atoms with Crippen LogP contribution in [0.1, 0.15) is 17.9 Å². The standard InChI is InChI=1S/C25H25FN2O5S/c1-27-24(29)22(23(34-2)25(27)30)28-10-9-19(15-3-5-17(26)6-4-15)16(12-28)13-31-18-7-8-20-21(11-18)33-14-32-20/h3-8,11,16,19H,9-10,12-14H2,1-2H3/t16-,19-/m1/s1. The van der Waals surface area contributed by atoms with Crippen molar-refractivity contribution in [3.63, 3.8) is 0 Å². The number of nitrogens with zero attached hydrogens (tertiary/aromatic N) is 2. The Morgan fingerprint density at radius 3 is 2.62 bits per heavy atom. The van der Waals surface area contributed by atoms with Gasteiger partial charge in [0.15, 0.2) is 11.5 Å². The summed E-state index contributed by atoms with van der Waals surface area (Å²) < 4.78 is 30.5. The summed E-state index contributed by atoms with van der Waals surface area (Å²) in [4.78, 5) is 29.0. The second kappa shape index (κ2) is 9.21. The van der Waals surface area contributed by atoms with Crippen molar-refractivity contribution in [1.29, 1.82) is 0 Å². The fraction of sp³-hybridized carbons (Fsp3) is 0.360. The normalized spacial score (nSPS) is 22.1. The molecule has 9 heteroatoms. The summed E-state index contributed by atoms with van der Waals surface area (Å²) >= 11 is 1.30. The Bertz CT molecular complexity index is 1150. The summed E-state index contributed by atoms with van der Waals surface area (Å²) in [5.74, 6) is 1.31. The number of ether oxygens (including phenoxy) is 3. The highest BCUT2D eigenvalue weighted by Gasteiger charge is 2.41. The Hall–Kier alpha value is -3.20. The number of rotatable bonds is 6. The molecule has 34 heavy (non-hydrogen) atoms. The number of amides is 2. The van der Waals surface area contributed by atoms with E-state index in [9.17, 15) is 14.0 Å². The van der Waals surface area contributed by atoms with Crippen molar-refractivity contribution in [1.82, 2.24) is 9.80 Å². The minimum atomic E-state index is -0.276. The lowest BCUT2D eigenvalue weighted by atomic mass is 9.80. The molecule has 0 aliphatic carbocycles. The van der Waals surface area contributed by atoms with Gasteiger partial charge in [0.2, 0.25) is 6.79 Å². The first-order chi connectivity index (χ1) is 16.5. The van der Waals surface area contributed by atoms with E-state index in [0.717, 1.165) is 12.0 Å². The van der Waals surface area contributed by atoms with E-state index in [0.29, 0.717) is 47.5 Å². The zero-order chi connectivity index (χ0) is 23.8. The van der Waals surface area contributed by atoms with Crippen LogP contribution >= 0.6 is 11.8 Å². The van der Waals surface area contributed by atoms with Gasteiger partial charge >= 0.3 is 0 Å². The molecule has 0 bridgehead atoms. The van der Waals surface area contributed by atoms with Crippen LogP contribution in [-0.2, 0) is 9.59 Å². The largest absolute Gasteiger partial charge is 0.493 e. The number of halogens is 1. The quantitative estimate of drug-likeness (QED) is 0.581. The zero-order valence-electron chi connectivity index (χ0n) is 19.0. The van der Waals surface area contributed by atoms with Gasteiger partial charge < -0.3 is 19.1 Å². The smallest absolute Gasteiger partial charge is 0.278 e. The monoisotopic (exact) mass is 484 g/mol. The van der Waals surface area contributed by atoms with Gasteiger partial charge in [-0.3, -0.25) is 14.5 Å². The van der Waals surface area contributed by atoms with Gasteiger partial charge in [-0.15, -0.1) is 11.8 Å². The van der Waals surface area contributed by atoms with Crippen LogP contribution in [0.3, 0.4) is 0 Å². The number of hydrogen-bond acceptors (Lipinski definition) is 7. The third-order valence-corrected chi connectivity index (χ3v) is 7.36. The molecule has 0 unspecified atom stereocenters. The summed E-state index contributed by atoms with van der Waals surface area (Å²) in [7, 11) is 1.51. The van der Waals surface area contributed by atoms with Gasteiger partial charge in [-0.2, -0.15) is 0 Å². The minimum Gasteiger partial charge on any atom is -0.493 e. The lowest BCUT2D eigenvalue weighted by Gasteiger charge is -2.40. The molecule has 0 N–H and O–H groups in total. The number of piperidine rings is 1. The van der Waals surface area contributed by atoms with E-state index < -0.39 is 0 Å². The fourth-order valence-corrected chi connectivity index (χ4v) is 5.51. The number of imide groups is 1. The lowest BCUT2D eigenvalue weighted by Crippen LogP contribution is -2.43. The number of benzene rings is 2. The highest BCUT2D eigenvalue weighted by Crippen LogP contribution is 2.39. The second-order valence-electron chi connectivity index (χ2n) is 8.53. The molecule has 0 spiro atoms. The van der Waals surface area contributed by atoms with Crippen LogP contribution in [0.2, 0.25) is 0 Å². The van der Waals surface area contributed by atoms with Crippen molar-refractivity contribution in [2.45, 2.75) is 12.3 Å². The number of thioether (sulfide) groups is 1. The third-order valence-electron chi connectivity index (χ3n) is 6.58. The van der Waals surface area contributed by atoms with Gasteiger partial charge in [0.05, 0.1) is 6.61 Å². The molecule has 2 atom stereocenters. The molecule has 0 saturated carbocycles. The Morgan fingerprint density at radius 1 is 1.09 bits per heavy atom. The van der Waals surface area contributed by atoms with E-state index in [1.54, 1.807) is 6.07 Å². The van der Waals surface area contributed by atoms with Crippen LogP contribution in [0.15, 0.2) is 53.1 Å². The van der Waals surface area contributed by atoms with Crippen LogP contribution in [-0.4, -0.2) is 61.4 Å². The number of fused-ring (bicyclic) bond motifs is 1. The SMILES string of the molecule is CSC1=C(N2CC[C@H](c3ccc(F)cc3)[C@@H](COc3ccc4c(c3)OCO4)C2)C(=O)N(C)C1=O. The highest BCUT2D eigenvalue weighted by molar-refractivity contribution is 8.03. The molecule has 2 aromatic carbocycles. The topological polar surface area (TPSA) is 68.3 Å². The zero-order valence-corrected chi connectivity index (χ0v) is 19.8. The number of hydrogen-bond donors (Lipinski definition) is 0. The minimum absolute atomic E-state index is 0.00838. The van der Waals surface area contributed by atoms with E-state index in [2.05, 4.69) is 0 Å². The van der Waals surface area contributed by atoms with Crippen molar-refractivity contribution in [3.8, 4) is 17.2 Å². The fourth-order valence-electron chi connectivity index (χ4n) is 4.79. The Kier molecular flexibility index (Phi) is 6.12. The van der Waals surface area contributed by atoms with Gasteiger partial charge in [-0.05, 0) is 48.4 Å². The maximum atomic E-state index is 13.6. The van der Waals surface area contributed by atoms with E-state index >= 15 is 0 Å². The first-order valence-electron chi connectivity index (χ1n) is 11.1. The molecule has 5 rings (SSSR count). The van der Waals surface area contributed by atoms with Crippen LogP contribution < -0.4 is 14.2 Å². The Balaban J connectivity index is 1.40. The second-order valence-corrected chi connectivity index (χ2v) is 9.35. The number of carbonyl (C=O) groups is 2. The predicted octanol–water partition coefficient (Wildman–Crippen LogP) is 3.61. The van der Waals surface area contributed by atoms with Crippen molar-refractivity contribution >= 4 is 23.6 Å². The number of likely N-dealkylation sites (tertiary alicyclic amines) is 1. The van der Waals surface area contributed by atoms with E-state index in [-0.39, 0.29) is 36.3 Å². The van der Waals surface area contributed by atoms with Crippen molar-refractivity contribution in [2.24, 2.45) is 5.92 Å². The maximum Gasteiger partial charge on any atom is 0.278 e. The Morgan fingerprint density at radius 2 is 1.85 bits per heavy atom. The maximum absolute atomic E-state index is 13.6. The van der Waals surface area contributed by atoms with Gasteiger partial charge in [0.1, 0.15) is 22.2 Å². The first kappa shape index (κ1) is 22.6. The molecule has 1 fully saturated rings. The summed E-state index contributed by atoms with van der Waals surface area (Å²) in [6.07, 6.45) is 2.56. The molecule has 178 valence electrons. The van der Waals surface area contributed by atoms with Crippen molar-refractivity contribution in [2.75, 3.05) is 39.8 Å². The average Bonchev–Trinajstić information content (AvgIpc) is 3.41. The molecule has 2 amide bonds. The first-order valence-corrected chi connectivity index (χ1v) is 12.3. The molecular weight excluding hydrogens is 459 g/mol. The third kappa shape index (κ3) is 4.09. The average molecular weight is 485 g/mol. The van der Waals surface area contributed by atoms with E-state index in [4.69, 9.17) is 14.2 Å². The predicted molar refractivity (Wildman–Crippen MR) is 125 cm³/mol. The molecule has 1 saturated heterocycles. The molecular formula is C25H25FN2O5S. The summed E-state index contributed by atoms with van der Waals surface area (Å²) in [5.41, 5.74) is 1.50. The number of likely N-dealkylation sites (N-methyl/N-ethyl adjacent to an activating group) is 1. The van der Waals surface area contributed by atoms with Crippen LogP contribution in [0, 0.1) is 11.7 Å². The Labute approximate surface area is 201 Å². The van der Waals surface area contributed by atoms with Crippen molar-refractivity contribution in [3.05, 3.63) is 64.4 Å². The molecule has 0 radical (unpaired) electrons. The van der Waals surface area contributed by atoms with Crippen LogP contribution in [0.5, 0.6) is 17.2 Å². The molecule has 3 aliphatic heterocycles. The molecule has 3 aliphatic rings. The molecule has 3 heterocycles.